The van der Waals surface area contributed by atoms with Crippen molar-refractivity contribution in [2.75, 3.05) is 11.9 Å². The molecule has 2 heterocycles. The first-order valence-electron chi connectivity index (χ1n) is 6.06. The van der Waals surface area contributed by atoms with Crippen LogP contribution in [0.3, 0.4) is 0 Å². The van der Waals surface area contributed by atoms with Gasteiger partial charge < -0.3 is 15.1 Å². The number of thiophene rings is 1. The fraction of sp³-hybridized carbons (Fsp3) is 0.500. The summed E-state index contributed by atoms with van der Waals surface area (Å²) in [7, 11) is 0. The molecule has 6 heteroatoms. The molecule has 0 aliphatic heterocycles. The van der Waals surface area contributed by atoms with Gasteiger partial charge in [0.2, 0.25) is 5.89 Å². The van der Waals surface area contributed by atoms with E-state index in [1.54, 1.807) is 11.3 Å². The lowest BCUT2D eigenvalue weighted by Gasteiger charge is -2.10. The SMILES string of the molecule is CCNC(C)c1nnc(NC(C)c2ccsc2)o1. The van der Waals surface area contributed by atoms with Crippen LogP contribution >= 0.6 is 11.3 Å². The third-order valence-electron chi connectivity index (χ3n) is 2.70. The first kappa shape index (κ1) is 13.0. The smallest absolute Gasteiger partial charge is 0.315 e. The molecule has 98 valence electrons. The highest BCUT2D eigenvalue weighted by molar-refractivity contribution is 7.07. The molecule has 0 aliphatic carbocycles. The molecule has 2 N–H and O–H groups in total. The summed E-state index contributed by atoms with van der Waals surface area (Å²) in [6.45, 7) is 6.99. The van der Waals surface area contributed by atoms with Crippen molar-refractivity contribution in [2.45, 2.75) is 32.9 Å². The van der Waals surface area contributed by atoms with Crippen molar-refractivity contribution in [1.29, 1.82) is 0 Å². The lowest BCUT2D eigenvalue weighted by atomic mass is 10.2. The van der Waals surface area contributed by atoms with Crippen molar-refractivity contribution < 1.29 is 4.42 Å². The summed E-state index contributed by atoms with van der Waals surface area (Å²) in [6, 6.07) is 2.79. The molecule has 0 radical (unpaired) electrons. The average Bonchev–Trinajstić information content (AvgIpc) is 2.99. The van der Waals surface area contributed by atoms with Gasteiger partial charge in [0.1, 0.15) is 0 Å². The van der Waals surface area contributed by atoms with Gasteiger partial charge in [-0.3, -0.25) is 0 Å². The largest absolute Gasteiger partial charge is 0.406 e. The topological polar surface area (TPSA) is 63.0 Å². The second-order valence-corrected chi connectivity index (χ2v) is 4.93. The summed E-state index contributed by atoms with van der Waals surface area (Å²) >= 11 is 1.68. The maximum atomic E-state index is 5.57. The lowest BCUT2D eigenvalue weighted by molar-refractivity contribution is 0.427. The first-order valence-corrected chi connectivity index (χ1v) is 7.00. The molecule has 0 saturated heterocycles. The van der Waals surface area contributed by atoms with Crippen LogP contribution in [-0.2, 0) is 0 Å². The van der Waals surface area contributed by atoms with E-state index >= 15 is 0 Å². The Hall–Kier alpha value is -1.40. The molecular formula is C12H18N4OS. The maximum absolute atomic E-state index is 5.57. The summed E-state index contributed by atoms with van der Waals surface area (Å²) < 4.78 is 5.57. The van der Waals surface area contributed by atoms with Gasteiger partial charge in [-0.15, -0.1) is 5.10 Å². The van der Waals surface area contributed by atoms with E-state index in [9.17, 15) is 0 Å². The van der Waals surface area contributed by atoms with E-state index in [1.165, 1.54) is 5.56 Å². The quantitative estimate of drug-likeness (QED) is 0.841. The molecule has 0 fully saturated rings. The monoisotopic (exact) mass is 266 g/mol. The van der Waals surface area contributed by atoms with Crippen molar-refractivity contribution in [3.63, 3.8) is 0 Å². The molecule has 2 rings (SSSR count). The van der Waals surface area contributed by atoms with Crippen LogP contribution in [0.5, 0.6) is 0 Å². The Bertz CT molecular complexity index is 468. The normalized spacial score (nSPS) is 14.4. The minimum atomic E-state index is 0.0782. The van der Waals surface area contributed by atoms with Crippen LogP contribution in [0.4, 0.5) is 6.01 Å². The van der Waals surface area contributed by atoms with Gasteiger partial charge in [-0.05, 0) is 42.8 Å². The number of rotatable bonds is 6. The summed E-state index contributed by atoms with van der Waals surface area (Å²) in [6.07, 6.45) is 0. The van der Waals surface area contributed by atoms with Crippen LogP contribution < -0.4 is 10.6 Å². The molecule has 5 nitrogen and oxygen atoms in total. The molecule has 0 aromatic carbocycles. The minimum Gasteiger partial charge on any atom is -0.406 e. The third-order valence-corrected chi connectivity index (χ3v) is 3.41. The number of nitrogens with one attached hydrogen (secondary N) is 2. The highest BCUT2D eigenvalue weighted by Gasteiger charge is 2.14. The van der Waals surface area contributed by atoms with E-state index in [0.29, 0.717) is 11.9 Å². The Labute approximate surface area is 111 Å². The van der Waals surface area contributed by atoms with E-state index in [2.05, 4.69) is 44.6 Å². The fourth-order valence-corrected chi connectivity index (χ4v) is 2.41. The van der Waals surface area contributed by atoms with Crippen LogP contribution in [0.1, 0.15) is 44.3 Å². The third kappa shape index (κ3) is 3.08. The van der Waals surface area contributed by atoms with E-state index in [0.717, 1.165) is 6.54 Å². The van der Waals surface area contributed by atoms with Gasteiger partial charge >= 0.3 is 6.01 Å². The number of hydrogen-bond donors (Lipinski definition) is 2. The van der Waals surface area contributed by atoms with Gasteiger partial charge in [0, 0.05) is 0 Å². The van der Waals surface area contributed by atoms with E-state index < -0.39 is 0 Å². The summed E-state index contributed by atoms with van der Waals surface area (Å²) in [5.74, 6) is 0.608. The van der Waals surface area contributed by atoms with Crippen LogP contribution in [0.15, 0.2) is 21.2 Å². The van der Waals surface area contributed by atoms with Crippen molar-refractivity contribution in [1.82, 2.24) is 15.5 Å². The zero-order valence-corrected chi connectivity index (χ0v) is 11.6. The predicted molar refractivity (Wildman–Crippen MR) is 72.7 cm³/mol. The van der Waals surface area contributed by atoms with Gasteiger partial charge in [-0.1, -0.05) is 12.0 Å². The van der Waals surface area contributed by atoms with E-state index in [-0.39, 0.29) is 12.1 Å². The average molecular weight is 266 g/mol. The summed E-state index contributed by atoms with van der Waals surface area (Å²) in [5.41, 5.74) is 1.22. The fourth-order valence-electron chi connectivity index (χ4n) is 1.65. The van der Waals surface area contributed by atoms with Crippen molar-refractivity contribution in [3.05, 3.63) is 28.3 Å². The summed E-state index contributed by atoms with van der Waals surface area (Å²) in [4.78, 5) is 0. The van der Waals surface area contributed by atoms with Gasteiger partial charge in [-0.2, -0.15) is 11.3 Å². The molecule has 0 saturated carbocycles. The Kier molecular flexibility index (Phi) is 4.33. The highest BCUT2D eigenvalue weighted by atomic mass is 32.1. The molecule has 0 bridgehead atoms. The highest BCUT2D eigenvalue weighted by Crippen LogP contribution is 2.21. The zero-order valence-electron chi connectivity index (χ0n) is 10.8. The van der Waals surface area contributed by atoms with Gasteiger partial charge in [0.15, 0.2) is 0 Å². The van der Waals surface area contributed by atoms with Crippen LogP contribution in [-0.4, -0.2) is 16.7 Å². The van der Waals surface area contributed by atoms with Crippen molar-refractivity contribution in [2.24, 2.45) is 0 Å². The number of anilines is 1. The minimum absolute atomic E-state index is 0.0782. The molecule has 2 atom stereocenters. The van der Waals surface area contributed by atoms with Gasteiger partial charge in [-0.25, -0.2) is 0 Å². The lowest BCUT2D eigenvalue weighted by Crippen LogP contribution is -2.17. The van der Waals surface area contributed by atoms with E-state index in [1.807, 2.05) is 13.8 Å². The molecular weight excluding hydrogens is 248 g/mol. The van der Waals surface area contributed by atoms with Gasteiger partial charge in [0.25, 0.3) is 0 Å². The van der Waals surface area contributed by atoms with Crippen LogP contribution in [0, 0.1) is 0 Å². The molecule has 0 spiro atoms. The summed E-state index contributed by atoms with van der Waals surface area (Å²) in [5, 5.41) is 18.6. The standard InChI is InChI=1S/C12H18N4OS/c1-4-13-9(3)11-15-16-12(17-11)14-8(2)10-5-6-18-7-10/h5-9,13H,4H2,1-3H3,(H,14,16). The molecule has 2 unspecified atom stereocenters. The van der Waals surface area contributed by atoms with Crippen molar-refractivity contribution >= 4 is 17.4 Å². The predicted octanol–water partition coefficient (Wildman–Crippen LogP) is 2.97. The van der Waals surface area contributed by atoms with Gasteiger partial charge in [0.05, 0.1) is 12.1 Å². The maximum Gasteiger partial charge on any atom is 0.315 e. The Morgan fingerprint density at radius 3 is 2.83 bits per heavy atom. The van der Waals surface area contributed by atoms with E-state index in [4.69, 9.17) is 4.42 Å². The molecule has 0 amide bonds. The Balaban J connectivity index is 1.98. The molecule has 2 aromatic heterocycles. The molecule has 0 aliphatic rings. The second kappa shape index (κ2) is 5.97. The number of aromatic nitrogens is 2. The Morgan fingerprint density at radius 2 is 2.17 bits per heavy atom. The number of hydrogen-bond acceptors (Lipinski definition) is 6. The van der Waals surface area contributed by atoms with Crippen LogP contribution in [0.25, 0.3) is 0 Å². The second-order valence-electron chi connectivity index (χ2n) is 4.15. The van der Waals surface area contributed by atoms with Crippen LogP contribution in [0.2, 0.25) is 0 Å². The zero-order chi connectivity index (χ0) is 13.0. The molecule has 18 heavy (non-hydrogen) atoms. The Morgan fingerprint density at radius 1 is 1.33 bits per heavy atom. The number of nitrogens with zero attached hydrogens (tertiary/aromatic N) is 2. The van der Waals surface area contributed by atoms with Crippen molar-refractivity contribution in [3.8, 4) is 0 Å². The first-order chi connectivity index (χ1) is 8.70. The molecule has 2 aromatic rings.